The van der Waals surface area contributed by atoms with E-state index < -0.39 is 0 Å². The summed E-state index contributed by atoms with van der Waals surface area (Å²) in [5.41, 5.74) is 1.35. The second-order valence-electron chi connectivity index (χ2n) is 6.17. The second-order valence-corrected chi connectivity index (χ2v) is 6.96. The van der Waals surface area contributed by atoms with Crippen LogP contribution < -0.4 is 0 Å². The van der Waals surface area contributed by atoms with Gasteiger partial charge in [0.1, 0.15) is 23.1 Å². The summed E-state index contributed by atoms with van der Waals surface area (Å²) in [6.45, 7) is 0. The van der Waals surface area contributed by atoms with Gasteiger partial charge < -0.3 is 8.83 Å². The predicted octanol–water partition coefficient (Wildman–Crippen LogP) is 7.55. The molecule has 0 aliphatic carbocycles. The van der Waals surface area contributed by atoms with E-state index in [-0.39, 0.29) is 17.4 Å². The summed E-state index contributed by atoms with van der Waals surface area (Å²) >= 11 is 12.2. The van der Waals surface area contributed by atoms with Crippen LogP contribution in [-0.4, -0.2) is 5.78 Å². The zero-order valence-electron chi connectivity index (χ0n) is 14.9. The van der Waals surface area contributed by atoms with Crippen molar-refractivity contribution in [1.29, 1.82) is 0 Å². The number of carbonyl (C=O) groups is 1. The zero-order chi connectivity index (χ0) is 20.4. The zero-order valence-corrected chi connectivity index (χ0v) is 16.4. The van der Waals surface area contributed by atoms with Crippen molar-refractivity contribution in [1.82, 2.24) is 0 Å². The summed E-state index contributed by atoms with van der Waals surface area (Å²) in [4.78, 5) is 12.4. The van der Waals surface area contributed by atoms with Crippen molar-refractivity contribution in [2.75, 3.05) is 0 Å². The molecule has 6 heteroatoms. The number of carbonyl (C=O) groups excluding carboxylic acids is 1. The number of benzene rings is 2. The number of hydrogen-bond acceptors (Lipinski definition) is 3. The number of halogens is 3. The molecule has 0 amide bonds. The molecule has 29 heavy (non-hydrogen) atoms. The van der Waals surface area contributed by atoms with Crippen LogP contribution >= 0.6 is 23.2 Å². The molecule has 0 saturated heterocycles. The molecule has 0 saturated carbocycles. The van der Waals surface area contributed by atoms with Crippen LogP contribution in [0.1, 0.15) is 16.3 Å². The van der Waals surface area contributed by atoms with E-state index in [1.807, 2.05) is 0 Å². The Hall–Kier alpha value is -3.08. The lowest BCUT2D eigenvalue weighted by atomic mass is 10.2. The highest BCUT2D eigenvalue weighted by Crippen LogP contribution is 2.34. The first-order valence-corrected chi connectivity index (χ1v) is 9.39. The molecular weight excluding hydrogens is 414 g/mol. The third-order valence-electron chi connectivity index (χ3n) is 4.22. The molecule has 0 aliphatic heterocycles. The van der Waals surface area contributed by atoms with Gasteiger partial charge in [0.2, 0.25) is 5.78 Å². The number of rotatable bonds is 5. The van der Waals surface area contributed by atoms with Crippen LogP contribution in [0.5, 0.6) is 0 Å². The molecule has 0 aliphatic rings. The molecule has 3 nitrogen and oxygen atoms in total. The molecule has 0 N–H and O–H groups in total. The quantitative estimate of drug-likeness (QED) is 0.244. The van der Waals surface area contributed by atoms with Crippen molar-refractivity contribution in [3.63, 3.8) is 0 Å². The first-order valence-electron chi connectivity index (χ1n) is 8.64. The van der Waals surface area contributed by atoms with E-state index in [9.17, 15) is 9.18 Å². The van der Waals surface area contributed by atoms with Crippen molar-refractivity contribution < 1.29 is 18.0 Å². The maximum Gasteiger partial charge on any atom is 0.221 e. The lowest BCUT2D eigenvalue weighted by Gasteiger charge is -2.01. The van der Waals surface area contributed by atoms with Gasteiger partial charge in [0.05, 0.1) is 10.0 Å². The number of ketones is 1. The predicted molar refractivity (Wildman–Crippen MR) is 112 cm³/mol. The summed E-state index contributed by atoms with van der Waals surface area (Å²) in [7, 11) is 0. The molecule has 2 heterocycles. The SMILES string of the molecule is O=C(C=Cc1ccc(-c2cccc(Cl)c2Cl)o1)c1ccc(-c2ccc(F)cc2)o1. The van der Waals surface area contributed by atoms with Gasteiger partial charge in [0.15, 0.2) is 5.76 Å². The molecule has 0 radical (unpaired) electrons. The monoisotopic (exact) mass is 426 g/mol. The standard InChI is InChI=1S/C23H13Cl2FO3/c24-18-3-1-2-17(23(18)25)21-11-9-16(28-21)8-10-19(27)22-13-12-20(29-22)14-4-6-15(26)7-5-14/h1-13H. The van der Waals surface area contributed by atoms with Gasteiger partial charge in [-0.1, -0.05) is 29.3 Å². The van der Waals surface area contributed by atoms with E-state index in [0.717, 1.165) is 0 Å². The van der Waals surface area contributed by atoms with Gasteiger partial charge in [-0.25, -0.2) is 4.39 Å². The van der Waals surface area contributed by atoms with E-state index in [1.54, 1.807) is 60.7 Å². The van der Waals surface area contributed by atoms with E-state index in [4.69, 9.17) is 32.0 Å². The summed E-state index contributed by atoms with van der Waals surface area (Å²) < 4.78 is 24.3. The molecule has 4 rings (SSSR count). The van der Waals surface area contributed by atoms with Gasteiger partial charge in [-0.05, 0) is 72.8 Å². The molecule has 0 atom stereocenters. The minimum atomic E-state index is -0.337. The lowest BCUT2D eigenvalue weighted by molar-refractivity contribution is 0.102. The molecular formula is C23H13Cl2FO3. The number of hydrogen-bond donors (Lipinski definition) is 0. The highest BCUT2D eigenvalue weighted by atomic mass is 35.5. The van der Waals surface area contributed by atoms with Crippen molar-refractivity contribution in [2.45, 2.75) is 0 Å². The van der Waals surface area contributed by atoms with Crippen LogP contribution in [0.15, 0.2) is 81.6 Å². The normalized spacial score (nSPS) is 11.3. The van der Waals surface area contributed by atoms with Crippen LogP contribution in [0.2, 0.25) is 10.0 Å². The number of furan rings is 2. The van der Waals surface area contributed by atoms with Gasteiger partial charge in [-0.2, -0.15) is 0 Å². The third-order valence-corrected chi connectivity index (χ3v) is 5.04. The first kappa shape index (κ1) is 19.2. The van der Waals surface area contributed by atoms with Crippen LogP contribution in [0.4, 0.5) is 4.39 Å². The molecule has 0 bridgehead atoms. The molecule has 2 aromatic heterocycles. The van der Waals surface area contributed by atoms with Crippen LogP contribution in [0.3, 0.4) is 0 Å². The van der Waals surface area contributed by atoms with Gasteiger partial charge in [0.25, 0.3) is 0 Å². The molecule has 4 aromatic rings. The Morgan fingerprint density at radius 2 is 1.62 bits per heavy atom. The highest BCUT2D eigenvalue weighted by molar-refractivity contribution is 6.43. The first-order chi connectivity index (χ1) is 14.0. The fourth-order valence-corrected chi connectivity index (χ4v) is 3.15. The Labute approximate surface area is 176 Å². The molecule has 144 valence electrons. The van der Waals surface area contributed by atoms with Gasteiger partial charge in [-0.15, -0.1) is 0 Å². The Kier molecular flexibility index (Phi) is 5.38. The van der Waals surface area contributed by atoms with Crippen molar-refractivity contribution in [3.05, 3.63) is 100 Å². The largest absolute Gasteiger partial charge is 0.457 e. The van der Waals surface area contributed by atoms with E-state index in [0.29, 0.717) is 38.5 Å². The third kappa shape index (κ3) is 4.19. The fourth-order valence-electron chi connectivity index (χ4n) is 2.76. The van der Waals surface area contributed by atoms with Gasteiger partial charge in [0, 0.05) is 11.1 Å². The van der Waals surface area contributed by atoms with E-state index in [2.05, 4.69) is 0 Å². The Morgan fingerprint density at radius 3 is 2.41 bits per heavy atom. The topological polar surface area (TPSA) is 43.4 Å². The summed E-state index contributed by atoms with van der Waals surface area (Å²) in [6, 6.07) is 17.8. The van der Waals surface area contributed by atoms with Crippen LogP contribution in [0, 0.1) is 5.82 Å². The molecule has 2 aromatic carbocycles. The lowest BCUT2D eigenvalue weighted by Crippen LogP contribution is -1.90. The highest BCUT2D eigenvalue weighted by Gasteiger charge is 2.12. The van der Waals surface area contributed by atoms with Gasteiger partial charge >= 0.3 is 0 Å². The smallest absolute Gasteiger partial charge is 0.221 e. The number of allylic oxidation sites excluding steroid dienone is 1. The summed E-state index contributed by atoms with van der Waals surface area (Å²) in [6.07, 6.45) is 2.90. The molecule has 0 spiro atoms. The average molecular weight is 427 g/mol. The summed E-state index contributed by atoms with van der Waals surface area (Å²) in [5, 5.41) is 0.835. The Morgan fingerprint density at radius 1 is 0.862 bits per heavy atom. The minimum absolute atomic E-state index is 0.172. The van der Waals surface area contributed by atoms with Crippen LogP contribution in [-0.2, 0) is 0 Å². The Bertz CT molecular complexity index is 1200. The van der Waals surface area contributed by atoms with E-state index in [1.165, 1.54) is 18.2 Å². The fraction of sp³-hybridized carbons (Fsp3) is 0. The van der Waals surface area contributed by atoms with Gasteiger partial charge in [-0.3, -0.25) is 4.79 Å². The maximum absolute atomic E-state index is 13.0. The Balaban J connectivity index is 1.50. The van der Waals surface area contributed by atoms with Crippen molar-refractivity contribution >= 4 is 35.1 Å². The van der Waals surface area contributed by atoms with Crippen LogP contribution in [0.25, 0.3) is 28.7 Å². The maximum atomic E-state index is 13.0. The second kappa shape index (κ2) is 8.11. The van der Waals surface area contributed by atoms with Crippen molar-refractivity contribution in [2.24, 2.45) is 0 Å². The van der Waals surface area contributed by atoms with Crippen molar-refractivity contribution in [3.8, 4) is 22.6 Å². The average Bonchev–Trinajstić information content (AvgIpc) is 3.39. The summed E-state index contributed by atoms with van der Waals surface area (Å²) in [5.74, 6) is 1.02. The van der Waals surface area contributed by atoms with E-state index >= 15 is 0 Å². The minimum Gasteiger partial charge on any atom is -0.457 e. The molecule has 0 fully saturated rings. The molecule has 0 unspecified atom stereocenters.